The second-order valence-corrected chi connectivity index (χ2v) is 6.72. The average Bonchev–Trinajstić information content (AvgIpc) is 3.08. The van der Waals surface area contributed by atoms with Crippen molar-refractivity contribution >= 4 is 11.9 Å². The lowest BCUT2D eigenvalue weighted by Crippen LogP contribution is -2.37. The Bertz CT molecular complexity index is 513. The minimum atomic E-state index is -0.198. The fourth-order valence-corrected chi connectivity index (χ4v) is 3.79. The second-order valence-electron chi connectivity index (χ2n) is 6.72. The van der Waals surface area contributed by atoms with E-state index in [1.54, 1.807) is 0 Å². The molecule has 1 aliphatic carbocycles. The van der Waals surface area contributed by atoms with E-state index in [1.807, 2.05) is 6.20 Å². The van der Waals surface area contributed by atoms with Crippen molar-refractivity contribution in [3.8, 4) is 0 Å². The van der Waals surface area contributed by atoms with Crippen molar-refractivity contribution < 1.29 is 4.79 Å². The summed E-state index contributed by atoms with van der Waals surface area (Å²) in [6.45, 7) is 1.96. The van der Waals surface area contributed by atoms with Crippen molar-refractivity contribution in [3.63, 3.8) is 0 Å². The van der Waals surface area contributed by atoms with Gasteiger partial charge in [0, 0.05) is 37.3 Å². The molecule has 5 nitrogen and oxygen atoms in total. The number of anilines is 1. The predicted octanol–water partition coefficient (Wildman–Crippen LogP) is 2.62. The number of aromatic nitrogens is 2. The van der Waals surface area contributed by atoms with E-state index in [0.29, 0.717) is 18.3 Å². The van der Waals surface area contributed by atoms with E-state index in [-0.39, 0.29) is 5.91 Å². The molecule has 1 aromatic heterocycles. The van der Waals surface area contributed by atoms with Crippen LogP contribution >= 0.6 is 0 Å². The highest BCUT2D eigenvalue weighted by Gasteiger charge is 2.24. The molecule has 2 N–H and O–H groups in total. The topological polar surface area (TPSA) is 72.1 Å². The summed E-state index contributed by atoms with van der Waals surface area (Å²) in [6, 6.07) is 2.08. The first-order chi connectivity index (χ1) is 10.7. The SMILES string of the molecule is NC(=O)CC[C@H]1CCCN(c2nccc(C3CCCC3)n2)C1. The molecule has 0 spiro atoms. The molecule has 0 unspecified atom stereocenters. The zero-order chi connectivity index (χ0) is 15.4. The summed E-state index contributed by atoms with van der Waals surface area (Å²) in [7, 11) is 0. The summed E-state index contributed by atoms with van der Waals surface area (Å²) >= 11 is 0. The molecule has 1 aromatic rings. The largest absolute Gasteiger partial charge is 0.370 e. The van der Waals surface area contributed by atoms with Crippen LogP contribution in [0.3, 0.4) is 0 Å². The van der Waals surface area contributed by atoms with Crippen LogP contribution in [0.15, 0.2) is 12.3 Å². The van der Waals surface area contributed by atoms with Crippen LogP contribution in [0.25, 0.3) is 0 Å². The first-order valence-electron chi connectivity index (χ1n) is 8.58. The van der Waals surface area contributed by atoms with Gasteiger partial charge in [-0.05, 0) is 44.1 Å². The van der Waals surface area contributed by atoms with Crippen molar-refractivity contribution in [1.29, 1.82) is 0 Å². The Morgan fingerprint density at radius 1 is 1.27 bits per heavy atom. The zero-order valence-electron chi connectivity index (χ0n) is 13.2. The van der Waals surface area contributed by atoms with Gasteiger partial charge in [-0.2, -0.15) is 0 Å². The Labute approximate surface area is 132 Å². The van der Waals surface area contributed by atoms with E-state index >= 15 is 0 Å². The fourth-order valence-electron chi connectivity index (χ4n) is 3.79. The molecule has 0 radical (unpaired) electrons. The molecule has 120 valence electrons. The van der Waals surface area contributed by atoms with Crippen LogP contribution in [0.2, 0.25) is 0 Å². The highest BCUT2D eigenvalue weighted by atomic mass is 16.1. The summed E-state index contributed by atoms with van der Waals surface area (Å²) in [4.78, 5) is 22.6. The Hall–Kier alpha value is -1.65. The minimum Gasteiger partial charge on any atom is -0.370 e. The quantitative estimate of drug-likeness (QED) is 0.907. The van der Waals surface area contributed by atoms with Crippen molar-refractivity contribution in [3.05, 3.63) is 18.0 Å². The van der Waals surface area contributed by atoms with Crippen LogP contribution in [-0.4, -0.2) is 29.0 Å². The van der Waals surface area contributed by atoms with Gasteiger partial charge < -0.3 is 10.6 Å². The molecule has 0 aromatic carbocycles. The molecule has 3 rings (SSSR count). The maximum absolute atomic E-state index is 11.0. The zero-order valence-corrected chi connectivity index (χ0v) is 13.2. The maximum atomic E-state index is 11.0. The van der Waals surface area contributed by atoms with E-state index in [2.05, 4.69) is 16.0 Å². The average molecular weight is 302 g/mol. The predicted molar refractivity (Wildman–Crippen MR) is 86.6 cm³/mol. The smallest absolute Gasteiger partial charge is 0.225 e. The molecule has 1 saturated carbocycles. The standard InChI is InChI=1S/C17H26N4O/c18-16(22)8-7-13-4-3-11-21(12-13)17-19-10-9-15(20-17)14-5-1-2-6-14/h9-10,13-14H,1-8,11-12H2,(H2,18,22)/t13-/m1/s1. The lowest BCUT2D eigenvalue weighted by atomic mass is 9.93. The number of nitrogens with two attached hydrogens (primary N) is 1. The van der Waals surface area contributed by atoms with Crippen LogP contribution in [0.4, 0.5) is 5.95 Å². The second kappa shape index (κ2) is 7.07. The van der Waals surface area contributed by atoms with E-state index in [9.17, 15) is 4.79 Å². The Morgan fingerprint density at radius 3 is 2.86 bits per heavy atom. The first kappa shape index (κ1) is 15.3. The normalized spacial score (nSPS) is 22.9. The molecule has 2 aliphatic rings. The summed E-state index contributed by atoms with van der Waals surface area (Å²) in [5, 5.41) is 0. The third-order valence-corrected chi connectivity index (χ3v) is 5.04. The van der Waals surface area contributed by atoms with Gasteiger partial charge in [-0.3, -0.25) is 4.79 Å². The molecule has 22 heavy (non-hydrogen) atoms. The lowest BCUT2D eigenvalue weighted by Gasteiger charge is -2.33. The van der Waals surface area contributed by atoms with Crippen molar-refractivity contribution in [2.45, 2.75) is 57.3 Å². The van der Waals surface area contributed by atoms with Gasteiger partial charge in [0.05, 0.1) is 0 Å². The summed E-state index contributed by atoms with van der Waals surface area (Å²) in [6.07, 6.45) is 10.8. The van der Waals surface area contributed by atoms with Crippen molar-refractivity contribution in [1.82, 2.24) is 9.97 Å². The number of carbonyl (C=O) groups is 1. The van der Waals surface area contributed by atoms with Gasteiger partial charge in [0.2, 0.25) is 11.9 Å². The van der Waals surface area contributed by atoms with E-state index < -0.39 is 0 Å². The van der Waals surface area contributed by atoms with Gasteiger partial charge in [0.15, 0.2) is 0 Å². The van der Waals surface area contributed by atoms with E-state index in [0.717, 1.165) is 31.9 Å². The van der Waals surface area contributed by atoms with Gasteiger partial charge in [-0.15, -0.1) is 0 Å². The van der Waals surface area contributed by atoms with Crippen LogP contribution in [0.1, 0.15) is 63.0 Å². The molecular weight excluding hydrogens is 276 g/mol. The van der Waals surface area contributed by atoms with E-state index in [1.165, 1.54) is 37.8 Å². The molecule has 1 amide bonds. The van der Waals surface area contributed by atoms with E-state index in [4.69, 9.17) is 10.7 Å². The molecule has 2 heterocycles. The third-order valence-electron chi connectivity index (χ3n) is 5.04. The van der Waals surface area contributed by atoms with Gasteiger partial charge in [0.25, 0.3) is 0 Å². The first-order valence-corrected chi connectivity index (χ1v) is 8.58. The lowest BCUT2D eigenvalue weighted by molar-refractivity contribution is -0.118. The number of piperidine rings is 1. The number of amides is 1. The summed E-state index contributed by atoms with van der Waals surface area (Å²) < 4.78 is 0. The van der Waals surface area contributed by atoms with Crippen LogP contribution in [0.5, 0.6) is 0 Å². The monoisotopic (exact) mass is 302 g/mol. The Balaban J connectivity index is 1.65. The number of carbonyl (C=O) groups excluding carboxylic acids is 1. The molecule has 0 bridgehead atoms. The molecule has 1 saturated heterocycles. The maximum Gasteiger partial charge on any atom is 0.225 e. The number of rotatable bonds is 5. The van der Waals surface area contributed by atoms with Crippen molar-refractivity contribution in [2.75, 3.05) is 18.0 Å². The molecular formula is C17H26N4O. The highest BCUT2D eigenvalue weighted by molar-refractivity contribution is 5.73. The van der Waals surface area contributed by atoms with Gasteiger partial charge in [0.1, 0.15) is 0 Å². The Morgan fingerprint density at radius 2 is 2.09 bits per heavy atom. The fraction of sp³-hybridized carbons (Fsp3) is 0.706. The van der Waals surface area contributed by atoms with Gasteiger partial charge in [-0.1, -0.05) is 12.8 Å². The highest BCUT2D eigenvalue weighted by Crippen LogP contribution is 2.33. The third kappa shape index (κ3) is 3.76. The number of hydrogen-bond donors (Lipinski definition) is 1. The molecule has 5 heteroatoms. The number of nitrogens with zero attached hydrogens (tertiary/aromatic N) is 3. The Kier molecular flexibility index (Phi) is 4.90. The summed E-state index contributed by atoms with van der Waals surface area (Å²) in [5.41, 5.74) is 6.48. The van der Waals surface area contributed by atoms with Crippen molar-refractivity contribution in [2.24, 2.45) is 11.7 Å². The molecule has 2 fully saturated rings. The number of hydrogen-bond acceptors (Lipinski definition) is 4. The van der Waals surface area contributed by atoms with Gasteiger partial charge >= 0.3 is 0 Å². The molecule has 1 atom stereocenters. The number of primary amides is 1. The summed E-state index contributed by atoms with van der Waals surface area (Å²) in [5.74, 6) is 1.82. The van der Waals surface area contributed by atoms with Gasteiger partial charge in [-0.25, -0.2) is 9.97 Å². The van der Waals surface area contributed by atoms with Crippen LogP contribution < -0.4 is 10.6 Å². The molecule has 1 aliphatic heterocycles. The van der Waals surface area contributed by atoms with Crippen LogP contribution in [0, 0.1) is 5.92 Å². The van der Waals surface area contributed by atoms with Crippen LogP contribution in [-0.2, 0) is 4.79 Å². The minimum absolute atomic E-state index is 0.198.